The molecule has 0 bridgehead atoms. The van der Waals surface area contributed by atoms with Gasteiger partial charge < -0.3 is 14.1 Å². The molecule has 0 saturated carbocycles. The van der Waals surface area contributed by atoms with E-state index in [2.05, 4.69) is 176 Å². The van der Waals surface area contributed by atoms with Crippen molar-refractivity contribution in [2.45, 2.75) is 25.3 Å². The van der Waals surface area contributed by atoms with Crippen LogP contribution in [0, 0.1) is 0 Å². The number of furan rings is 1. The molecule has 1 aromatic heterocycles. The summed E-state index contributed by atoms with van der Waals surface area (Å²) in [7, 11) is 0. The number of hydrogen-bond donors (Lipinski definition) is 0. The van der Waals surface area contributed by atoms with Crippen LogP contribution in [0.5, 0.6) is 0 Å². The average Bonchev–Trinajstić information content (AvgIpc) is 3.74. The molecule has 0 radical (unpaired) electrons. The second-order valence-electron chi connectivity index (χ2n) is 15.3. The van der Waals surface area contributed by atoms with Crippen molar-refractivity contribution >= 4 is 66.9 Å². The highest BCUT2D eigenvalue weighted by atomic mass is 16.3. The summed E-state index contributed by atoms with van der Waals surface area (Å²) in [4.78, 5) is 15.0. The third-order valence-electron chi connectivity index (χ3n) is 11.6. The van der Waals surface area contributed by atoms with Gasteiger partial charge in [0, 0.05) is 28.8 Å². The zero-order valence-electron chi connectivity index (χ0n) is 33.6. The monoisotopic (exact) mass is 775 g/mol. The SMILES string of the molecule is C=C/C=C\c1cc2ccccc2cc1-c1cccc(N(C(=C)CCC(=C)c2cc3ccccc3c3ccccc23)C(CC=O)c2cc3cccc(-c4ccccc4)c3o2)c1. The van der Waals surface area contributed by atoms with Gasteiger partial charge in [0.15, 0.2) is 0 Å². The topological polar surface area (TPSA) is 33.5 Å². The zero-order chi connectivity index (χ0) is 41.0. The number of aldehydes is 1. The molecule has 60 heavy (non-hydrogen) atoms. The van der Waals surface area contributed by atoms with Gasteiger partial charge in [-0.05, 0) is 115 Å². The minimum atomic E-state index is -0.465. The molecule has 8 aromatic carbocycles. The van der Waals surface area contributed by atoms with Crippen molar-refractivity contribution in [3.05, 3.63) is 224 Å². The molecule has 0 amide bonds. The highest BCUT2D eigenvalue weighted by molar-refractivity contribution is 6.11. The molecule has 1 heterocycles. The van der Waals surface area contributed by atoms with Gasteiger partial charge in [0.1, 0.15) is 17.6 Å². The number of carbonyl (C=O) groups is 1. The Kier molecular flexibility index (Phi) is 10.6. The minimum Gasteiger partial charge on any atom is -0.458 e. The summed E-state index contributed by atoms with van der Waals surface area (Å²) in [5, 5.41) is 8.12. The van der Waals surface area contributed by atoms with Crippen LogP contribution in [0.4, 0.5) is 5.69 Å². The van der Waals surface area contributed by atoms with Crippen molar-refractivity contribution in [2.75, 3.05) is 4.90 Å². The standard InChI is InChI=1S/C57H45NO2/c1-4-5-17-44-34-42-20-9-10-21-43(42)36-54(44)45-23-15-25-48(35-45)58(55(32-33-59)56-38-47-24-16-29-50(57(47)60-56)41-18-7-6-8-19-41)40(3)31-30-39(2)53-37-46-22-11-12-26-49(46)51-27-13-14-28-52(51)53/h4-29,33-38,55H,1-3,30-32H2/b17-5-. The van der Waals surface area contributed by atoms with Crippen LogP contribution >= 0.6 is 0 Å². The molecule has 3 nitrogen and oxygen atoms in total. The number of para-hydroxylation sites is 1. The summed E-state index contributed by atoms with van der Waals surface area (Å²) in [6.07, 6.45) is 8.35. The van der Waals surface area contributed by atoms with Crippen molar-refractivity contribution < 1.29 is 9.21 Å². The third kappa shape index (κ3) is 7.38. The number of hydrogen-bond acceptors (Lipinski definition) is 3. The van der Waals surface area contributed by atoms with E-state index in [0.29, 0.717) is 18.6 Å². The number of benzene rings is 8. The van der Waals surface area contributed by atoms with E-state index < -0.39 is 6.04 Å². The predicted molar refractivity (Wildman–Crippen MR) is 255 cm³/mol. The first-order valence-electron chi connectivity index (χ1n) is 20.5. The Labute approximate surface area is 351 Å². The Balaban J connectivity index is 1.15. The Bertz CT molecular complexity index is 3110. The van der Waals surface area contributed by atoms with Gasteiger partial charge in [0.25, 0.3) is 0 Å². The summed E-state index contributed by atoms with van der Waals surface area (Å²) in [6, 6.07) is 58.9. The molecule has 9 aromatic rings. The van der Waals surface area contributed by atoms with Gasteiger partial charge in [-0.15, -0.1) is 0 Å². The molecule has 0 fully saturated rings. The summed E-state index contributed by atoms with van der Waals surface area (Å²) in [5.74, 6) is 0.701. The number of rotatable bonds is 14. The van der Waals surface area contributed by atoms with Crippen LogP contribution in [0.2, 0.25) is 0 Å². The van der Waals surface area contributed by atoms with E-state index >= 15 is 0 Å². The first-order chi connectivity index (χ1) is 29.5. The van der Waals surface area contributed by atoms with E-state index in [1.54, 1.807) is 6.08 Å². The lowest BCUT2D eigenvalue weighted by Crippen LogP contribution is -2.28. The number of carbonyl (C=O) groups excluding carboxylic acids is 1. The van der Waals surface area contributed by atoms with E-state index in [4.69, 9.17) is 11.0 Å². The molecule has 0 N–H and O–H groups in total. The van der Waals surface area contributed by atoms with Crippen LogP contribution in [0.15, 0.2) is 212 Å². The van der Waals surface area contributed by atoms with Gasteiger partial charge in [-0.2, -0.15) is 0 Å². The Morgan fingerprint density at radius 3 is 2.05 bits per heavy atom. The Hall–Kier alpha value is -7.49. The highest BCUT2D eigenvalue weighted by Crippen LogP contribution is 2.42. The molecule has 3 heteroatoms. The third-order valence-corrected chi connectivity index (χ3v) is 11.6. The lowest BCUT2D eigenvalue weighted by atomic mass is 9.91. The van der Waals surface area contributed by atoms with Crippen LogP contribution in [0.25, 0.3) is 77.2 Å². The van der Waals surface area contributed by atoms with E-state index in [1.165, 1.54) is 26.9 Å². The van der Waals surface area contributed by atoms with Crippen LogP contribution in [-0.2, 0) is 4.79 Å². The van der Waals surface area contributed by atoms with Gasteiger partial charge in [-0.25, -0.2) is 0 Å². The van der Waals surface area contributed by atoms with Crippen molar-refractivity contribution in [3.8, 4) is 22.3 Å². The smallest absolute Gasteiger partial charge is 0.142 e. The van der Waals surface area contributed by atoms with Crippen molar-refractivity contribution in [3.63, 3.8) is 0 Å². The largest absolute Gasteiger partial charge is 0.458 e. The number of fused-ring (bicyclic) bond motifs is 5. The summed E-state index contributed by atoms with van der Waals surface area (Å²) in [5.41, 5.74) is 10.0. The van der Waals surface area contributed by atoms with Crippen LogP contribution in [-0.4, -0.2) is 6.29 Å². The summed E-state index contributed by atoms with van der Waals surface area (Å²) >= 11 is 0. The minimum absolute atomic E-state index is 0.198. The molecule has 0 aliphatic heterocycles. The molecule has 0 spiro atoms. The fraction of sp³-hybridized carbons (Fsp3) is 0.0702. The number of allylic oxidation sites excluding steroid dienone is 4. The van der Waals surface area contributed by atoms with Crippen LogP contribution in [0.3, 0.4) is 0 Å². The maximum atomic E-state index is 12.8. The van der Waals surface area contributed by atoms with Gasteiger partial charge in [-0.3, -0.25) is 0 Å². The number of nitrogens with zero attached hydrogens (tertiary/aromatic N) is 1. The van der Waals surface area contributed by atoms with E-state index in [0.717, 1.165) is 73.0 Å². The Morgan fingerprint density at radius 2 is 1.27 bits per heavy atom. The predicted octanol–water partition coefficient (Wildman–Crippen LogP) is 15.6. The lowest BCUT2D eigenvalue weighted by Gasteiger charge is -2.34. The van der Waals surface area contributed by atoms with Crippen molar-refractivity contribution in [1.82, 2.24) is 0 Å². The van der Waals surface area contributed by atoms with Crippen molar-refractivity contribution in [1.29, 1.82) is 0 Å². The first-order valence-corrected chi connectivity index (χ1v) is 20.5. The molecule has 1 unspecified atom stereocenters. The summed E-state index contributed by atoms with van der Waals surface area (Å²) in [6.45, 7) is 13.4. The van der Waals surface area contributed by atoms with Crippen molar-refractivity contribution in [2.24, 2.45) is 0 Å². The second-order valence-corrected chi connectivity index (χ2v) is 15.3. The molecule has 290 valence electrons. The fourth-order valence-electron chi connectivity index (χ4n) is 8.65. The van der Waals surface area contributed by atoms with E-state index in [-0.39, 0.29) is 6.42 Å². The lowest BCUT2D eigenvalue weighted by molar-refractivity contribution is -0.108. The molecular weight excluding hydrogens is 731 g/mol. The average molecular weight is 776 g/mol. The highest BCUT2D eigenvalue weighted by Gasteiger charge is 2.28. The van der Waals surface area contributed by atoms with Gasteiger partial charge in [0.05, 0.1) is 6.04 Å². The molecule has 1 atom stereocenters. The first kappa shape index (κ1) is 38.1. The molecule has 9 rings (SSSR count). The molecule has 0 aliphatic carbocycles. The van der Waals surface area contributed by atoms with Gasteiger partial charge in [0.2, 0.25) is 0 Å². The maximum absolute atomic E-state index is 12.8. The fourth-order valence-corrected chi connectivity index (χ4v) is 8.65. The van der Waals surface area contributed by atoms with Crippen LogP contribution < -0.4 is 4.90 Å². The van der Waals surface area contributed by atoms with Gasteiger partial charge in [-0.1, -0.05) is 171 Å². The number of anilines is 1. The zero-order valence-corrected chi connectivity index (χ0v) is 33.6. The molecule has 0 saturated heterocycles. The van der Waals surface area contributed by atoms with E-state index in [1.807, 2.05) is 24.3 Å². The molecular formula is C57H45NO2. The quantitative estimate of drug-likeness (QED) is 0.0627. The van der Waals surface area contributed by atoms with Gasteiger partial charge >= 0.3 is 0 Å². The van der Waals surface area contributed by atoms with E-state index in [9.17, 15) is 4.79 Å². The normalized spacial score (nSPS) is 12.0. The van der Waals surface area contributed by atoms with Crippen LogP contribution in [0.1, 0.15) is 42.2 Å². The second kappa shape index (κ2) is 16.8. The Morgan fingerprint density at radius 1 is 0.600 bits per heavy atom. The maximum Gasteiger partial charge on any atom is 0.142 e. The molecule has 0 aliphatic rings. The summed E-state index contributed by atoms with van der Waals surface area (Å²) < 4.78 is 6.85.